The molecule has 124 valence electrons. The minimum absolute atomic E-state index is 0.150. The van der Waals surface area contributed by atoms with Crippen LogP contribution in [0.1, 0.15) is 11.1 Å². The fourth-order valence-electron chi connectivity index (χ4n) is 2.92. The predicted octanol–water partition coefficient (Wildman–Crippen LogP) is 6.14. The monoisotopic (exact) mass is 346 g/mol. The van der Waals surface area contributed by atoms with Gasteiger partial charge in [-0.05, 0) is 61.4 Å². The van der Waals surface area contributed by atoms with Crippen LogP contribution in [0.15, 0.2) is 76.5 Å². The van der Waals surface area contributed by atoms with Gasteiger partial charge in [0.2, 0.25) is 0 Å². The SMILES string of the molecule is Cc1ccc(NC(=O)N2c3ccccc3Sc3ccccc32)cc1C. The molecule has 1 aliphatic heterocycles. The largest absolute Gasteiger partial charge is 0.331 e. The Morgan fingerprint density at radius 1 is 0.840 bits per heavy atom. The van der Waals surface area contributed by atoms with Gasteiger partial charge in [-0.1, -0.05) is 42.1 Å². The Labute approximate surface area is 151 Å². The minimum Gasteiger partial charge on any atom is -0.307 e. The smallest absolute Gasteiger partial charge is 0.307 e. The zero-order valence-electron chi connectivity index (χ0n) is 14.1. The Kier molecular flexibility index (Phi) is 3.98. The average molecular weight is 346 g/mol. The van der Waals surface area contributed by atoms with E-state index in [2.05, 4.69) is 12.2 Å². The van der Waals surface area contributed by atoms with Crippen molar-refractivity contribution >= 4 is 34.9 Å². The standard InChI is InChI=1S/C21H18N2OS/c1-14-11-12-16(13-15(14)2)22-21(24)23-17-7-3-5-9-19(17)25-20-10-6-4-8-18(20)23/h3-13H,1-2H3,(H,22,24). The Morgan fingerprint density at radius 3 is 2.04 bits per heavy atom. The summed E-state index contributed by atoms with van der Waals surface area (Å²) in [6.07, 6.45) is 0. The van der Waals surface area contributed by atoms with Crippen LogP contribution in [-0.2, 0) is 0 Å². The zero-order valence-corrected chi connectivity index (χ0v) is 14.9. The van der Waals surface area contributed by atoms with E-state index in [0.29, 0.717) is 0 Å². The summed E-state index contributed by atoms with van der Waals surface area (Å²) in [6, 6.07) is 21.8. The first-order valence-electron chi connectivity index (χ1n) is 8.18. The van der Waals surface area contributed by atoms with Gasteiger partial charge in [-0.2, -0.15) is 0 Å². The van der Waals surface area contributed by atoms with Gasteiger partial charge in [-0.3, -0.25) is 4.90 Å². The molecular formula is C21H18N2OS. The third-order valence-electron chi connectivity index (χ3n) is 4.39. The van der Waals surface area contributed by atoms with Crippen LogP contribution < -0.4 is 10.2 Å². The number of hydrogen-bond donors (Lipinski definition) is 1. The lowest BCUT2D eigenvalue weighted by Crippen LogP contribution is -2.32. The van der Waals surface area contributed by atoms with Gasteiger partial charge < -0.3 is 5.32 Å². The molecule has 0 unspecified atom stereocenters. The van der Waals surface area contributed by atoms with E-state index in [1.54, 1.807) is 16.7 Å². The van der Waals surface area contributed by atoms with Crippen LogP contribution in [0.5, 0.6) is 0 Å². The molecule has 3 aromatic rings. The highest BCUT2D eigenvalue weighted by Gasteiger charge is 2.27. The van der Waals surface area contributed by atoms with E-state index >= 15 is 0 Å². The number of carbonyl (C=O) groups is 1. The molecule has 1 heterocycles. The number of fused-ring (bicyclic) bond motifs is 2. The lowest BCUT2D eigenvalue weighted by Gasteiger charge is -2.31. The number of nitrogens with one attached hydrogen (secondary N) is 1. The molecule has 0 aromatic heterocycles. The van der Waals surface area contributed by atoms with E-state index in [0.717, 1.165) is 32.4 Å². The van der Waals surface area contributed by atoms with Crippen molar-refractivity contribution in [3.63, 3.8) is 0 Å². The molecule has 3 nitrogen and oxygen atoms in total. The normalized spacial score (nSPS) is 12.3. The number of rotatable bonds is 1. The highest BCUT2D eigenvalue weighted by atomic mass is 32.2. The Morgan fingerprint density at radius 2 is 1.44 bits per heavy atom. The predicted molar refractivity (Wildman–Crippen MR) is 104 cm³/mol. The second-order valence-electron chi connectivity index (χ2n) is 6.10. The van der Waals surface area contributed by atoms with Gasteiger partial charge in [0.1, 0.15) is 0 Å². The molecule has 4 heteroatoms. The van der Waals surface area contributed by atoms with Gasteiger partial charge in [0.05, 0.1) is 11.4 Å². The fourth-order valence-corrected chi connectivity index (χ4v) is 3.98. The summed E-state index contributed by atoms with van der Waals surface area (Å²) >= 11 is 1.69. The summed E-state index contributed by atoms with van der Waals surface area (Å²) in [4.78, 5) is 17.0. The molecule has 0 saturated heterocycles. The van der Waals surface area contributed by atoms with Gasteiger partial charge >= 0.3 is 6.03 Å². The average Bonchev–Trinajstić information content (AvgIpc) is 2.62. The molecule has 0 bridgehead atoms. The molecule has 0 atom stereocenters. The first-order valence-corrected chi connectivity index (χ1v) is 8.99. The van der Waals surface area contributed by atoms with Crippen LogP contribution in [0.4, 0.5) is 21.9 Å². The van der Waals surface area contributed by atoms with Crippen molar-refractivity contribution in [2.45, 2.75) is 23.6 Å². The number of nitrogens with zero attached hydrogens (tertiary/aromatic N) is 1. The molecular weight excluding hydrogens is 328 g/mol. The number of anilines is 3. The Balaban J connectivity index is 1.73. The van der Waals surface area contributed by atoms with Gasteiger partial charge in [-0.15, -0.1) is 0 Å². The molecule has 0 saturated carbocycles. The highest BCUT2D eigenvalue weighted by molar-refractivity contribution is 7.99. The quantitative estimate of drug-likeness (QED) is 0.574. The van der Waals surface area contributed by atoms with Gasteiger partial charge in [0.25, 0.3) is 0 Å². The summed E-state index contributed by atoms with van der Waals surface area (Å²) in [6.45, 7) is 4.11. The summed E-state index contributed by atoms with van der Waals surface area (Å²) < 4.78 is 0. The van der Waals surface area contributed by atoms with Crippen molar-refractivity contribution in [3.05, 3.63) is 77.9 Å². The summed E-state index contributed by atoms with van der Waals surface area (Å²) in [5, 5.41) is 3.04. The van der Waals surface area contributed by atoms with Gasteiger partial charge in [-0.25, -0.2) is 4.79 Å². The van der Waals surface area contributed by atoms with Crippen molar-refractivity contribution in [3.8, 4) is 0 Å². The van der Waals surface area contributed by atoms with Crippen LogP contribution >= 0.6 is 11.8 Å². The van der Waals surface area contributed by atoms with E-state index in [4.69, 9.17) is 0 Å². The number of urea groups is 1. The molecule has 1 N–H and O–H groups in total. The third-order valence-corrected chi connectivity index (χ3v) is 5.52. The Hall–Kier alpha value is -2.72. The van der Waals surface area contributed by atoms with Gasteiger partial charge in [0, 0.05) is 15.5 Å². The molecule has 4 rings (SSSR count). The maximum absolute atomic E-state index is 13.1. The maximum atomic E-state index is 13.1. The van der Waals surface area contributed by atoms with Crippen LogP contribution in [0, 0.1) is 13.8 Å². The van der Waals surface area contributed by atoms with Crippen molar-refractivity contribution < 1.29 is 4.79 Å². The van der Waals surface area contributed by atoms with E-state index in [1.807, 2.05) is 73.7 Å². The lowest BCUT2D eigenvalue weighted by molar-refractivity contribution is 0.259. The van der Waals surface area contributed by atoms with E-state index in [1.165, 1.54) is 5.56 Å². The molecule has 3 aromatic carbocycles. The van der Waals surface area contributed by atoms with Crippen LogP contribution in [-0.4, -0.2) is 6.03 Å². The van der Waals surface area contributed by atoms with Crippen molar-refractivity contribution in [2.24, 2.45) is 0 Å². The molecule has 0 aliphatic carbocycles. The fraction of sp³-hybridized carbons (Fsp3) is 0.0952. The van der Waals surface area contributed by atoms with Crippen molar-refractivity contribution in [1.29, 1.82) is 0 Å². The topological polar surface area (TPSA) is 32.3 Å². The minimum atomic E-state index is -0.150. The first-order chi connectivity index (χ1) is 12.1. The van der Waals surface area contributed by atoms with Crippen LogP contribution in [0.2, 0.25) is 0 Å². The summed E-state index contributed by atoms with van der Waals surface area (Å²) in [5.41, 5.74) is 5.00. The van der Waals surface area contributed by atoms with Crippen molar-refractivity contribution in [1.82, 2.24) is 0 Å². The van der Waals surface area contributed by atoms with Gasteiger partial charge in [0.15, 0.2) is 0 Å². The first kappa shape index (κ1) is 15.8. The van der Waals surface area contributed by atoms with E-state index in [-0.39, 0.29) is 6.03 Å². The Bertz CT molecular complexity index is 922. The number of benzene rings is 3. The second kappa shape index (κ2) is 6.30. The molecule has 0 radical (unpaired) electrons. The van der Waals surface area contributed by atoms with E-state index < -0.39 is 0 Å². The molecule has 2 amide bonds. The number of aryl methyl sites for hydroxylation is 2. The number of para-hydroxylation sites is 2. The molecule has 0 spiro atoms. The number of amides is 2. The third kappa shape index (κ3) is 2.89. The summed E-state index contributed by atoms with van der Waals surface area (Å²) in [5.74, 6) is 0. The molecule has 25 heavy (non-hydrogen) atoms. The molecule has 1 aliphatic rings. The van der Waals surface area contributed by atoms with E-state index in [9.17, 15) is 4.79 Å². The number of hydrogen-bond acceptors (Lipinski definition) is 2. The lowest BCUT2D eigenvalue weighted by atomic mass is 10.1. The van der Waals surface area contributed by atoms with Crippen LogP contribution in [0.3, 0.4) is 0 Å². The zero-order chi connectivity index (χ0) is 17.4. The molecule has 0 fully saturated rings. The second-order valence-corrected chi connectivity index (χ2v) is 7.19. The van der Waals surface area contributed by atoms with Crippen molar-refractivity contribution in [2.75, 3.05) is 10.2 Å². The maximum Gasteiger partial charge on any atom is 0.331 e. The summed E-state index contributed by atoms with van der Waals surface area (Å²) in [7, 11) is 0. The van der Waals surface area contributed by atoms with Crippen LogP contribution in [0.25, 0.3) is 0 Å². The number of carbonyl (C=O) groups excluding carboxylic acids is 1. The highest BCUT2D eigenvalue weighted by Crippen LogP contribution is 2.47.